The Morgan fingerprint density at radius 2 is 1.38 bits per heavy atom. The van der Waals surface area contributed by atoms with Crippen molar-refractivity contribution in [2.45, 2.75) is 32.3 Å². The molecule has 0 amide bonds. The third-order valence-electron chi connectivity index (χ3n) is 5.71. The fourth-order valence-electron chi connectivity index (χ4n) is 3.57. The van der Waals surface area contributed by atoms with E-state index in [9.17, 15) is 39.6 Å². The largest absolute Gasteiger partial charge is 0.508 e. The molecule has 1 aromatic heterocycles. The molecule has 0 radical (unpaired) electrons. The highest BCUT2D eigenvalue weighted by Gasteiger charge is 2.15. The number of allylic oxidation sites excluding steroid dienone is 2. The summed E-state index contributed by atoms with van der Waals surface area (Å²) >= 11 is 0. The maximum absolute atomic E-state index is 12.3. The lowest BCUT2D eigenvalue weighted by Crippen LogP contribution is -2.19. The highest BCUT2D eigenvalue weighted by Crippen LogP contribution is 2.29. The minimum atomic E-state index is -0.778. The Labute approximate surface area is 240 Å². The number of phenols is 1. The first-order valence-corrected chi connectivity index (χ1v) is 12.6. The Balaban J connectivity index is 1.48. The predicted octanol–water partition coefficient (Wildman–Crippen LogP) is 3.09. The summed E-state index contributed by atoms with van der Waals surface area (Å²) < 4.78 is 11.1. The number of hydrogen-bond acceptors (Lipinski definition) is 11. The number of aromatic hydroxyl groups is 3. The van der Waals surface area contributed by atoms with Gasteiger partial charge in [-0.05, 0) is 54.0 Å². The molecule has 0 saturated carbocycles. The molecule has 0 unspecified atom stereocenters. The summed E-state index contributed by atoms with van der Waals surface area (Å²) in [5.41, 5.74) is 1.44. The van der Waals surface area contributed by atoms with Gasteiger partial charge in [0.05, 0.1) is 20.1 Å². The van der Waals surface area contributed by atoms with Crippen molar-refractivity contribution in [2.75, 3.05) is 7.11 Å². The van der Waals surface area contributed by atoms with Crippen molar-refractivity contribution >= 4 is 35.7 Å². The van der Waals surface area contributed by atoms with Crippen LogP contribution in [0.4, 0.5) is 0 Å². The molecule has 2 aromatic carbocycles. The molecule has 42 heavy (non-hydrogen) atoms. The van der Waals surface area contributed by atoms with E-state index < -0.39 is 35.3 Å². The van der Waals surface area contributed by atoms with Crippen LogP contribution in [0.25, 0.3) is 12.2 Å². The zero-order valence-electron chi connectivity index (χ0n) is 22.6. The van der Waals surface area contributed by atoms with E-state index in [1.165, 1.54) is 55.7 Å². The van der Waals surface area contributed by atoms with E-state index >= 15 is 0 Å². The fraction of sp³-hybridized carbons (Fsp3) is 0.200. The molecule has 0 spiro atoms. The van der Waals surface area contributed by atoms with Crippen LogP contribution in [-0.2, 0) is 25.8 Å². The Hall–Kier alpha value is -5.36. The number of aromatic nitrogens is 1. The molecule has 1 heterocycles. The number of esters is 1. The molecular formula is C30H29NO11. The molecular weight excluding hydrogens is 550 g/mol. The number of rotatable bonds is 14. The van der Waals surface area contributed by atoms with Gasteiger partial charge in [0.25, 0.3) is 0 Å². The number of carbonyl (C=O) groups excluding carboxylic acids is 4. The molecule has 12 nitrogen and oxygen atoms in total. The van der Waals surface area contributed by atoms with E-state index in [1.807, 2.05) is 0 Å². The van der Waals surface area contributed by atoms with Crippen LogP contribution in [0, 0.1) is 0 Å². The van der Waals surface area contributed by atoms with Crippen LogP contribution in [-0.4, -0.2) is 55.8 Å². The fourth-order valence-corrected chi connectivity index (χ4v) is 3.57. The Morgan fingerprint density at radius 3 is 2.00 bits per heavy atom. The van der Waals surface area contributed by atoms with Gasteiger partial charge < -0.3 is 34.7 Å². The zero-order chi connectivity index (χ0) is 30.6. The second-order valence-electron chi connectivity index (χ2n) is 8.87. The molecule has 0 atom stereocenters. The van der Waals surface area contributed by atoms with E-state index in [1.54, 1.807) is 12.1 Å². The van der Waals surface area contributed by atoms with E-state index in [-0.39, 0.29) is 49.5 Å². The molecule has 3 rings (SSSR count). The van der Waals surface area contributed by atoms with E-state index in [2.05, 4.69) is 0 Å². The number of hydrogen-bond donors (Lipinski definition) is 4. The van der Waals surface area contributed by atoms with Gasteiger partial charge >= 0.3 is 11.9 Å². The summed E-state index contributed by atoms with van der Waals surface area (Å²) in [6, 6.07) is 11.4. The van der Waals surface area contributed by atoms with E-state index in [0.29, 0.717) is 21.4 Å². The van der Waals surface area contributed by atoms with Gasteiger partial charge in [0, 0.05) is 30.5 Å². The molecule has 0 bridgehead atoms. The van der Waals surface area contributed by atoms with Crippen LogP contribution in [0.1, 0.15) is 42.4 Å². The lowest BCUT2D eigenvalue weighted by molar-refractivity contribution is -0.145. The molecule has 4 N–H and O–H groups in total. The Bertz CT molecular complexity index is 1500. The van der Waals surface area contributed by atoms with Crippen molar-refractivity contribution in [1.29, 1.82) is 0 Å². The number of aliphatic hydroxyl groups is 1. The maximum atomic E-state index is 12.3. The summed E-state index contributed by atoms with van der Waals surface area (Å²) in [6.45, 7) is -0.354. The quantitative estimate of drug-likeness (QED) is 0.0953. The van der Waals surface area contributed by atoms with Crippen molar-refractivity contribution in [3.8, 4) is 29.0 Å². The monoisotopic (exact) mass is 579 g/mol. The summed E-state index contributed by atoms with van der Waals surface area (Å²) in [7, 11) is 1.37. The highest BCUT2D eigenvalue weighted by molar-refractivity contribution is 6.10. The lowest BCUT2D eigenvalue weighted by Gasteiger charge is -2.10. The number of benzene rings is 2. The number of ether oxygens (including phenoxy) is 2. The Kier molecular flexibility index (Phi) is 11.0. The van der Waals surface area contributed by atoms with Gasteiger partial charge in [-0.2, -0.15) is 0 Å². The normalized spacial score (nSPS) is 11.1. The number of aliphatic hydroxyl groups excluding tert-OH is 1. The lowest BCUT2D eigenvalue weighted by atomic mass is 10.1. The van der Waals surface area contributed by atoms with Crippen LogP contribution in [0.15, 0.2) is 60.7 Å². The smallest absolute Gasteiger partial charge is 0.333 e. The van der Waals surface area contributed by atoms with Crippen LogP contribution in [0.2, 0.25) is 0 Å². The SMILES string of the molecule is COc1cc(C=CC(=O)CC(=O)C=Cc2ccc(O)c(CO)c2)ccc1OC(=O)CCCC(=O)On1c(O)ccc1O. The summed E-state index contributed by atoms with van der Waals surface area (Å²) in [5, 5.41) is 37.8. The summed E-state index contributed by atoms with van der Waals surface area (Å²) in [4.78, 5) is 53.3. The molecule has 0 aliphatic heterocycles. The van der Waals surface area contributed by atoms with Crippen LogP contribution < -0.4 is 14.3 Å². The highest BCUT2D eigenvalue weighted by atomic mass is 16.7. The minimum Gasteiger partial charge on any atom is -0.508 e. The maximum Gasteiger partial charge on any atom is 0.333 e. The third kappa shape index (κ3) is 9.10. The first-order valence-electron chi connectivity index (χ1n) is 12.6. The first kappa shape index (κ1) is 31.2. The van der Waals surface area contributed by atoms with Gasteiger partial charge in [0.1, 0.15) is 5.75 Å². The van der Waals surface area contributed by atoms with Gasteiger partial charge in [0.15, 0.2) is 23.1 Å². The van der Waals surface area contributed by atoms with Gasteiger partial charge in [-0.25, -0.2) is 4.79 Å². The van der Waals surface area contributed by atoms with Crippen molar-refractivity contribution < 1.29 is 53.9 Å². The van der Waals surface area contributed by atoms with E-state index in [0.717, 1.165) is 12.1 Å². The standard InChI is InChI=1S/C30H29NO11/c1-40-26-16-20(6-10-23(34)17-22(33)9-5-19-7-11-24(35)21(15-19)18-32)8-12-25(26)41-29(38)3-2-4-30(39)42-31-27(36)13-14-28(31)37/h5-16,32,35-37H,2-4,17-18H2,1H3. The summed E-state index contributed by atoms with van der Waals surface area (Å²) in [6.07, 6.45) is 4.85. The molecule has 3 aromatic rings. The summed E-state index contributed by atoms with van der Waals surface area (Å²) in [5.74, 6) is -2.93. The molecule has 0 saturated heterocycles. The predicted molar refractivity (Wildman–Crippen MR) is 149 cm³/mol. The average Bonchev–Trinajstić information content (AvgIpc) is 3.28. The second-order valence-corrected chi connectivity index (χ2v) is 8.87. The van der Waals surface area contributed by atoms with Gasteiger partial charge in [-0.15, -0.1) is 4.73 Å². The number of carbonyl (C=O) groups is 4. The van der Waals surface area contributed by atoms with Gasteiger partial charge in [-0.1, -0.05) is 24.3 Å². The van der Waals surface area contributed by atoms with Crippen molar-refractivity contribution in [3.63, 3.8) is 0 Å². The van der Waals surface area contributed by atoms with Crippen molar-refractivity contribution in [3.05, 3.63) is 77.4 Å². The molecule has 0 aliphatic carbocycles. The molecule has 0 fully saturated rings. The van der Waals surface area contributed by atoms with Crippen LogP contribution in [0.3, 0.4) is 0 Å². The number of methoxy groups -OCH3 is 1. The van der Waals surface area contributed by atoms with Gasteiger partial charge in [-0.3, -0.25) is 14.4 Å². The second kappa shape index (κ2) is 14.9. The topological polar surface area (TPSA) is 182 Å². The number of nitrogens with zero attached hydrogens (tertiary/aromatic N) is 1. The third-order valence-corrected chi connectivity index (χ3v) is 5.71. The number of ketones is 2. The van der Waals surface area contributed by atoms with Crippen molar-refractivity contribution in [1.82, 2.24) is 4.73 Å². The first-order chi connectivity index (χ1) is 20.1. The average molecular weight is 580 g/mol. The van der Waals surface area contributed by atoms with Crippen molar-refractivity contribution in [2.24, 2.45) is 0 Å². The molecule has 220 valence electrons. The zero-order valence-corrected chi connectivity index (χ0v) is 22.6. The molecule has 0 aliphatic rings. The minimum absolute atomic E-state index is 0.0568. The van der Waals surface area contributed by atoms with Crippen LogP contribution in [0.5, 0.6) is 29.0 Å². The van der Waals surface area contributed by atoms with E-state index in [4.69, 9.17) is 14.3 Å². The Morgan fingerprint density at radius 1 is 0.786 bits per heavy atom. The molecule has 12 heteroatoms. The van der Waals surface area contributed by atoms with Gasteiger partial charge in [0.2, 0.25) is 11.8 Å². The van der Waals surface area contributed by atoms with Crippen LogP contribution >= 0.6 is 0 Å².